The van der Waals surface area contributed by atoms with E-state index in [0.717, 1.165) is 6.42 Å². The molecule has 0 unspecified atom stereocenters. The van der Waals surface area contributed by atoms with E-state index in [-0.39, 0.29) is 0 Å². The lowest BCUT2D eigenvalue weighted by molar-refractivity contribution is -0.671. The third-order valence-electron chi connectivity index (χ3n) is 3.96. The maximum atomic E-state index is 4.07. The van der Waals surface area contributed by atoms with Crippen molar-refractivity contribution in [2.24, 2.45) is 13.0 Å². The van der Waals surface area contributed by atoms with E-state index in [9.17, 15) is 0 Å². The van der Waals surface area contributed by atoms with Gasteiger partial charge in [0.15, 0.2) is 12.4 Å². The molecule has 1 nitrogen and oxygen atoms in total. The fourth-order valence-electron chi connectivity index (χ4n) is 2.59. The molecular weight excluding hydrogens is 230 g/mol. The Labute approximate surface area is 117 Å². The van der Waals surface area contributed by atoms with E-state index in [1.54, 1.807) is 0 Å². The van der Waals surface area contributed by atoms with Crippen LogP contribution in [0.2, 0.25) is 0 Å². The van der Waals surface area contributed by atoms with Crippen molar-refractivity contribution < 1.29 is 4.57 Å². The first kappa shape index (κ1) is 13.8. The molecule has 0 aliphatic heterocycles. The largest absolute Gasteiger partial charge is 0.207 e. The predicted molar refractivity (Wildman–Crippen MR) is 81.6 cm³/mol. The van der Waals surface area contributed by atoms with Gasteiger partial charge in [0, 0.05) is 11.6 Å². The number of nitrogens with zero attached hydrogens (tertiary/aromatic N) is 1. The van der Waals surface area contributed by atoms with Gasteiger partial charge in [-0.05, 0) is 44.6 Å². The van der Waals surface area contributed by atoms with Crippen LogP contribution in [0.1, 0.15) is 37.3 Å². The summed E-state index contributed by atoms with van der Waals surface area (Å²) in [5.74, 6) is 0.690. The molecule has 2 rings (SSSR count). The minimum atomic E-state index is 0.690. The molecular formula is C18H24N+. The molecule has 1 aromatic rings. The molecule has 1 heteroatoms. The lowest BCUT2D eigenvalue weighted by atomic mass is 9.85. The number of pyridine rings is 1. The zero-order chi connectivity index (χ0) is 13.8. The smallest absolute Gasteiger partial charge is 0.172 e. The van der Waals surface area contributed by atoms with Gasteiger partial charge in [0.05, 0.1) is 0 Å². The van der Waals surface area contributed by atoms with Gasteiger partial charge < -0.3 is 0 Å². The monoisotopic (exact) mass is 254 g/mol. The molecule has 100 valence electrons. The molecule has 19 heavy (non-hydrogen) atoms. The van der Waals surface area contributed by atoms with E-state index >= 15 is 0 Å². The SMILES string of the molecule is C=C(C)[C@@H]1CC=C(/C=C/c2cc[n+](C)cc2C)CC1. The summed E-state index contributed by atoms with van der Waals surface area (Å²) in [5.41, 5.74) is 5.41. The molecule has 0 spiro atoms. The summed E-state index contributed by atoms with van der Waals surface area (Å²) in [6, 6.07) is 2.17. The minimum absolute atomic E-state index is 0.690. The average molecular weight is 254 g/mol. The Balaban J connectivity index is 2.05. The van der Waals surface area contributed by atoms with Crippen LogP contribution in [-0.2, 0) is 7.05 Å². The van der Waals surface area contributed by atoms with Gasteiger partial charge in [0.2, 0.25) is 0 Å². The summed E-state index contributed by atoms with van der Waals surface area (Å²) in [6.45, 7) is 8.37. The number of aryl methyl sites for hydroxylation is 2. The van der Waals surface area contributed by atoms with Gasteiger partial charge in [0.25, 0.3) is 0 Å². The first-order chi connectivity index (χ1) is 9.06. The van der Waals surface area contributed by atoms with Gasteiger partial charge in [0.1, 0.15) is 7.05 Å². The van der Waals surface area contributed by atoms with E-state index in [2.05, 4.69) is 68.7 Å². The number of hydrogen-bond acceptors (Lipinski definition) is 0. The highest BCUT2D eigenvalue weighted by atomic mass is 14.9. The maximum absolute atomic E-state index is 4.07. The Bertz CT molecular complexity index is 535. The zero-order valence-electron chi connectivity index (χ0n) is 12.3. The van der Waals surface area contributed by atoms with Crippen molar-refractivity contribution in [1.82, 2.24) is 0 Å². The van der Waals surface area contributed by atoms with Crippen LogP contribution in [0.4, 0.5) is 0 Å². The first-order valence-corrected chi connectivity index (χ1v) is 7.04. The maximum Gasteiger partial charge on any atom is 0.172 e. The summed E-state index contributed by atoms with van der Waals surface area (Å²) in [4.78, 5) is 0. The summed E-state index contributed by atoms with van der Waals surface area (Å²) in [6.07, 6.45) is 14.7. The van der Waals surface area contributed by atoms with Crippen molar-refractivity contribution in [3.63, 3.8) is 0 Å². The van der Waals surface area contributed by atoms with Gasteiger partial charge in [-0.15, -0.1) is 0 Å². The molecule has 0 saturated heterocycles. The first-order valence-electron chi connectivity index (χ1n) is 7.04. The molecule has 0 amide bonds. The number of allylic oxidation sites excluding steroid dienone is 4. The topological polar surface area (TPSA) is 3.88 Å². The van der Waals surface area contributed by atoms with Gasteiger partial charge in [-0.3, -0.25) is 0 Å². The highest BCUT2D eigenvalue weighted by Crippen LogP contribution is 2.29. The van der Waals surface area contributed by atoms with Crippen molar-refractivity contribution in [2.45, 2.75) is 33.1 Å². The second kappa shape index (κ2) is 6.01. The van der Waals surface area contributed by atoms with Gasteiger partial charge in [-0.25, -0.2) is 4.57 Å². The third kappa shape index (κ3) is 3.66. The fraction of sp³-hybridized carbons (Fsp3) is 0.389. The number of rotatable bonds is 3. The number of aromatic nitrogens is 1. The quantitative estimate of drug-likeness (QED) is 0.564. The second-order valence-corrected chi connectivity index (χ2v) is 5.68. The molecule has 1 aromatic heterocycles. The lowest BCUT2D eigenvalue weighted by Crippen LogP contribution is -2.26. The number of hydrogen-bond donors (Lipinski definition) is 0. The van der Waals surface area contributed by atoms with Crippen LogP contribution in [0.25, 0.3) is 6.08 Å². The van der Waals surface area contributed by atoms with E-state index in [4.69, 9.17) is 0 Å². The molecule has 0 aromatic carbocycles. The van der Waals surface area contributed by atoms with E-state index in [0.29, 0.717) is 5.92 Å². The Morgan fingerprint density at radius 2 is 2.21 bits per heavy atom. The standard InChI is InChI=1S/C18H24N/c1-14(2)17-8-5-16(6-9-17)7-10-18-11-12-19(4)13-15(18)3/h5,7,10-13,17H,1,6,8-9H2,2-4H3/q+1/b10-7+/t17-/m1/s1. The second-order valence-electron chi connectivity index (χ2n) is 5.68. The van der Waals surface area contributed by atoms with Crippen LogP contribution in [0.15, 0.2) is 48.3 Å². The lowest BCUT2D eigenvalue weighted by Gasteiger charge is -2.20. The Kier molecular flexibility index (Phi) is 4.36. The summed E-state index contributed by atoms with van der Waals surface area (Å²) >= 11 is 0. The van der Waals surface area contributed by atoms with E-state index < -0.39 is 0 Å². The van der Waals surface area contributed by atoms with Crippen molar-refractivity contribution in [1.29, 1.82) is 0 Å². The molecule has 0 N–H and O–H groups in total. The normalized spacial score (nSPS) is 19.5. The van der Waals surface area contributed by atoms with Crippen molar-refractivity contribution in [2.75, 3.05) is 0 Å². The summed E-state index contributed by atoms with van der Waals surface area (Å²) in [7, 11) is 2.06. The van der Waals surface area contributed by atoms with E-state index in [1.807, 2.05) is 0 Å². The van der Waals surface area contributed by atoms with Crippen LogP contribution >= 0.6 is 0 Å². The van der Waals surface area contributed by atoms with Gasteiger partial charge in [-0.1, -0.05) is 36.0 Å². The minimum Gasteiger partial charge on any atom is -0.207 e. The van der Waals surface area contributed by atoms with Crippen molar-refractivity contribution in [3.05, 3.63) is 59.5 Å². The van der Waals surface area contributed by atoms with Gasteiger partial charge >= 0.3 is 0 Å². The van der Waals surface area contributed by atoms with E-state index in [1.165, 1.54) is 35.1 Å². The third-order valence-corrected chi connectivity index (χ3v) is 3.96. The predicted octanol–water partition coefficient (Wildman–Crippen LogP) is 4.14. The molecule has 0 radical (unpaired) electrons. The molecule has 0 bridgehead atoms. The van der Waals surface area contributed by atoms with Crippen molar-refractivity contribution in [3.8, 4) is 0 Å². The highest BCUT2D eigenvalue weighted by Gasteiger charge is 2.13. The fourth-order valence-corrected chi connectivity index (χ4v) is 2.59. The Morgan fingerprint density at radius 1 is 1.42 bits per heavy atom. The van der Waals surface area contributed by atoms with Gasteiger partial charge in [-0.2, -0.15) is 0 Å². The molecule has 1 aliphatic carbocycles. The van der Waals surface area contributed by atoms with Crippen LogP contribution < -0.4 is 4.57 Å². The molecule has 0 saturated carbocycles. The van der Waals surface area contributed by atoms with Crippen LogP contribution in [0.3, 0.4) is 0 Å². The summed E-state index contributed by atoms with van der Waals surface area (Å²) in [5, 5.41) is 0. The highest BCUT2D eigenvalue weighted by molar-refractivity contribution is 5.55. The van der Waals surface area contributed by atoms with Crippen LogP contribution in [0, 0.1) is 12.8 Å². The summed E-state index contributed by atoms with van der Waals surface area (Å²) < 4.78 is 2.09. The molecule has 0 fully saturated rings. The Hall–Kier alpha value is -1.63. The molecule has 1 heterocycles. The molecule has 1 aliphatic rings. The zero-order valence-corrected chi connectivity index (χ0v) is 12.3. The molecule has 1 atom stereocenters. The van der Waals surface area contributed by atoms with Crippen LogP contribution in [-0.4, -0.2) is 0 Å². The van der Waals surface area contributed by atoms with Crippen LogP contribution in [0.5, 0.6) is 0 Å². The Morgan fingerprint density at radius 3 is 2.79 bits per heavy atom. The average Bonchev–Trinajstić information content (AvgIpc) is 2.38. The van der Waals surface area contributed by atoms with Crippen molar-refractivity contribution >= 4 is 6.08 Å².